The Morgan fingerprint density at radius 2 is 1.85 bits per heavy atom. The predicted octanol–water partition coefficient (Wildman–Crippen LogP) is 3.33. The summed E-state index contributed by atoms with van der Waals surface area (Å²) in [6.45, 7) is 1.77. The fourth-order valence-electron chi connectivity index (χ4n) is 2.38. The number of para-hydroxylation sites is 1. The van der Waals surface area contributed by atoms with E-state index < -0.39 is 24.3 Å². The Bertz CT molecular complexity index is 831. The molecule has 0 aliphatic rings. The van der Waals surface area contributed by atoms with Crippen molar-refractivity contribution in [2.75, 3.05) is 24.7 Å². The van der Waals surface area contributed by atoms with Gasteiger partial charge < -0.3 is 14.4 Å². The molecule has 27 heavy (non-hydrogen) atoms. The van der Waals surface area contributed by atoms with Crippen molar-refractivity contribution < 1.29 is 23.5 Å². The lowest BCUT2D eigenvalue weighted by molar-refractivity contribution is -0.121. The van der Waals surface area contributed by atoms with E-state index in [0.717, 1.165) is 0 Å². The first-order valence-corrected chi connectivity index (χ1v) is 8.38. The predicted molar refractivity (Wildman–Crippen MR) is 96.9 cm³/mol. The Hall–Kier alpha value is -3.40. The number of carbonyl (C=O) groups is 2. The molecule has 0 aliphatic heterocycles. The van der Waals surface area contributed by atoms with E-state index in [4.69, 9.17) is 14.7 Å². The van der Waals surface area contributed by atoms with Gasteiger partial charge in [-0.05, 0) is 43.3 Å². The van der Waals surface area contributed by atoms with Crippen LogP contribution in [0.1, 0.15) is 23.7 Å². The van der Waals surface area contributed by atoms with E-state index >= 15 is 0 Å². The molecule has 1 amide bonds. The minimum atomic E-state index is -0.688. The summed E-state index contributed by atoms with van der Waals surface area (Å²) in [5.74, 6) is -1.27. The molecule has 0 aliphatic carbocycles. The summed E-state index contributed by atoms with van der Waals surface area (Å²) in [6, 6.07) is 13.8. The lowest BCUT2D eigenvalue weighted by Crippen LogP contribution is -2.35. The van der Waals surface area contributed by atoms with Crippen LogP contribution in [0, 0.1) is 17.1 Å². The number of anilines is 1. The second kappa shape index (κ2) is 9.92. The van der Waals surface area contributed by atoms with E-state index in [0.29, 0.717) is 18.0 Å². The SMILES string of the molecule is CCOc1ccccc1C(=O)OCC(=O)N(CCC#N)c1ccc(F)cc1. The smallest absolute Gasteiger partial charge is 0.342 e. The Morgan fingerprint density at radius 1 is 1.15 bits per heavy atom. The van der Waals surface area contributed by atoms with Gasteiger partial charge >= 0.3 is 5.97 Å². The van der Waals surface area contributed by atoms with Gasteiger partial charge in [-0.2, -0.15) is 5.26 Å². The summed E-state index contributed by atoms with van der Waals surface area (Å²) in [6.07, 6.45) is 0.0875. The number of ether oxygens (including phenoxy) is 2. The fraction of sp³-hybridized carbons (Fsp3) is 0.250. The van der Waals surface area contributed by atoms with Gasteiger partial charge in [0, 0.05) is 12.2 Å². The molecule has 0 aromatic heterocycles. The minimum absolute atomic E-state index is 0.0875. The molecule has 0 saturated heterocycles. The lowest BCUT2D eigenvalue weighted by Gasteiger charge is -2.21. The Morgan fingerprint density at radius 3 is 2.52 bits per heavy atom. The molecule has 2 rings (SSSR count). The molecule has 0 N–H and O–H groups in total. The number of hydrogen-bond acceptors (Lipinski definition) is 5. The van der Waals surface area contributed by atoms with Crippen molar-refractivity contribution in [3.63, 3.8) is 0 Å². The van der Waals surface area contributed by atoms with Crippen LogP contribution in [0.15, 0.2) is 48.5 Å². The summed E-state index contributed by atoms with van der Waals surface area (Å²) in [5.41, 5.74) is 0.639. The van der Waals surface area contributed by atoms with Crippen molar-refractivity contribution >= 4 is 17.6 Å². The Balaban J connectivity index is 2.08. The van der Waals surface area contributed by atoms with E-state index in [2.05, 4.69) is 0 Å². The summed E-state index contributed by atoms with van der Waals surface area (Å²) in [5, 5.41) is 8.79. The molecule has 0 radical (unpaired) electrons. The molecule has 0 saturated carbocycles. The number of nitrogens with zero attached hydrogens (tertiary/aromatic N) is 2. The topological polar surface area (TPSA) is 79.6 Å². The third kappa shape index (κ3) is 5.54. The van der Waals surface area contributed by atoms with E-state index in [-0.39, 0.29) is 18.5 Å². The molecular formula is C20H19FN2O4. The number of esters is 1. The number of halogens is 1. The molecule has 2 aromatic carbocycles. The number of nitriles is 1. The maximum Gasteiger partial charge on any atom is 0.342 e. The summed E-state index contributed by atoms with van der Waals surface area (Å²) in [7, 11) is 0. The summed E-state index contributed by atoms with van der Waals surface area (Å²) < 4.78 is 23.6. The van der Waals surface area contributed by atoms with Crippen LogP contribution < -0.4 is 9.64 Å². The zero-order valence-electron chi connectivity index (χ0n) is 14.9. The van der Waals surface area contributed by atoms with Crippen LogP contribution in [0.2, 0.25) is 0 Å². The second-order valence-electron chi connectivity index (χ2n) is 5.44. The average Bonchev–Trinajstić information content (AvgIpc) is 2.68. The maximum absolute atomic E-state index is 13.1. The van der Waals surface area contributed by atoms with Crippen molar-refractivity contribution in [2.45, 2.75) is 13.3 Å². The van der Waals surface area contributed by atoms with Crippen molar-refractivity contribution in [1.82, 2.24) is 0 Å². The van der Waals surface area contributed by atoms with E-state index in [1.807, 2.05) is 6.07 Å². The molecular weight excluding hydrogens is 351 g/mol. The van der Waals surface area contributed by atoms with Crippen LogP contribution in [-0.4, -0.2) is 31.6 Å². The summed E-state index contributed by atoms with van der Waals surface area (Å²) in [4.78, 5) is 26.1. The number of amides is 1. The number of benzene rings is 2. The van der Waals surface area contributed by atoms with Gasteiger partial charge in [-0.1, -0.05) is 12.1 Å². The van der Waals surface area contributed by atoms with Crippen LogP contribution >= 0.6 is 0 Å². The van der Waals surface area contributed by atoms with Crippen LogP contribution in [0.25, 0.3) is 0 Å². The lowest BCUT2D eigenvalue weighted by atomic mass is 10.2. The van der Waals surface area contributed by atoms with Gasteiger partial charge in [0.25, 0.3) is 5.91 Å². The van der Waals surface area contributed by atoms with Crippen LogP contribution in [0.4, 0.5) is 10.1 Å². The quantitative estimate of drug-likeness (QED) is 0.666. The van der Waals surface area contributed by atoms with Crippen LogP contribution in [-0.2, 0) is 9.53 Å². The first kappa shape index (κ1) is 19.9. The highest BCUT2D eigenvalue weighted by molar-refractivity contribution is 5.98. The minimum Gasteiger partial charge on any atom is -0.493 e. The zero-order chi connectivity index (χ0) is 19.6. The highest BCUT2D eigenvalue weighted by Gasteiger charge is 2.20. The van der Waals surface area contributed by atoms with E-state index in [1.54, 1.807) is 31.2 Å². The number of carbonyl (C=O) groups excluding carboxylic acids is 2. The Kier molecular flexibility index (Phi) is 7.32. The van der Waals surface area contributed by atoms with Gasteiger partial charge in [-0.15, -0.1) is 0 Å². The van der Waals surface area contributed by atoms with Crippen molar-refractivity contribution in [3.8, 4) is 11.8 Å². The van der Waals surface area contributed by atoms with Crippen molar-refractivity contribution in [1.29, 1.82) is 5.26 Å². The van der Waals surface area contributed by atoms with Gasteiger partial charge in [0.1, 0.15) is 17.1 Å². The van der Waals surface area contributed by atoms with E-state index in [1.165, 1.54) is 29.2 Å². The van der Waals surface area contributed by atoms with Gasteiger partial charge in [0.2, 0.25) is 0 Å². The van der Waals surface area contributed by atoms with Gasteiger partial charge in [-0.3, -0.25) is 4.79 Å². The first-order chi connectivity index (χ1) is 13.1. The third-order valence-electron chi connectivity index (χ3n) is 3.62. The average molecular weight is 370 g/mol. The molecule has 6 nitrogen and oxygen atoms in total. The van der Waals surface area contributed by atoms with Gasteiger partial charge in [-0.25, -0.2) is 9.18 Å². The standard InChI is InChI=1S/C20H19FN2O4/c1-2-26-18-7-4-3-6-17(18)20(25)27-14-19(24)23(13-5-12-22)16-10-8-15(21)9-11-16/h3-4,6-11H,2,5,13-14H2,1H3. The highest BCUT2D eigenvalue weighted by Crippen LogP contribution is 2.20. The molecule has 0 spiro atoms. The second-order valence-corrected chi connectivity index (χ2v) is 5.44. The monoisotopic (exact) mass is 370 g/mol. The molecule has 140 valence electrons. The van der Waals surface area contributed by atoms with Crippen LogP contribution in [0.3, 0.4) is 0 Å². The molecule has 0 unspecified atom stereocenters. The normalized spacial score (nSPS) is 9.96. The highest BCUT2D eigenvalue weighted by atomic mass is 19.1. The molecule has 7 heteroatoms. The molecule has 0 atom stereocenters. The van der Waals surface area contributed by atoms with Crippen molar-refractivity contribution in [2.24, 2.45) is 0 Å². The van der Waals surface area contributed by atoms with E-state index in [9.17, 15) is 14.0 Å². The third-order valence-corrected chi connectivity index (χ3v) is 3.62. The largest absolute Gasteiger partial charge is 0.493 e. The molecule has 0 heterocycles. The molecule has 0 bridgehead atoms. The number of hydrogen-bond donors (Lipinski definition) is 0. The van der Waals surface area contributed by atoms with Crippen molar-refractivity contribution in [3.05, 3.63) is 59.9 Å². The van der Waals surface area contributed by atoms with Gasteiger partial charge in [0.15, 0.2) is 6.61 Å². The first-order valence-electron chi connectivity index (χ1n) is 8.38. The maximum atomic E-state index is 13.1. The van der Waals surface area contributed by atoms with Crippen LogP contribution in [0.5, 0.6) is 5.75 Å². The Labute approximate surface area is 156 Å². The molecule has 2 aromatic rings. The fourth-order valence-corrected chi connectivity index (χ4v) is 2.38. The summed E-state index contributed by atoms with van der Waals surface area (Å²) >= 11 is 0. The van der Waals surface area contributed by atoms with Gasteiger partial charge in [0.05, 0.1) is 19.1 Å². The zero-order valence-corrected chi connectivity index (χ0v) is 14.9. The molecule has 0 fully saturated rings. The number of rotatable bonds is 8.